The number of nitro benzene ring substituents is 1. The SMILES string of the molecule is COc1cc([N+](=O)[O-])cc(C=Nc2ccc(-c3nc4cc(C)ccc4o3)cc2C)c1O. The topological polar surface area (TPSA) is 111 Å². The zero-order valence-electron chi connectivity index (χ0n) is 17.1. The summed E-state index contributed by atoms with van der Waals surface area (Å²) in [6.07, 6.45) is 1.37. The smallest absolute Gasteiger partial charge is 0.274 e. The number of nitrogens with zero attached hydrogens (tertiary/aromatic N) is 3. The molecule has 0 amide bonds. The van der Waals surface area contributed by atoms with Crippen molar-refractivity contribution in [2.45, 2.75) is 13.8 Å². The van der Waals surface area contributed by atoms with Crippen LogP contribution in [0.5, 0.6) is 11.5 Å². The zero-order chi connectivity index (χ0) is 22.1. The number of methoxy groups -OCH3 is 1. The second-order valence-corrected chi connectivity index (χ2v) is 7.09. The highest BCUT2D eigenvalue weighted by Crippen LogP contribution is 2.34. The first-order valence-electron chi connectivity index (χ1n) is 9.43. The van der Waals surface area contributed by atoms with Crippen LogP contribution in [0, 0.1) is 24.0 Å². The molecule has 0 atom stereocenters. The van der Waals surface area contributed by atoms with E-state index in [1.54, 1.807) is 6.07 Å². The first-order chi connectivity index (χ1) is 14.9. The van der Waals surface area contributed by atoms with Crippen LogP contribution in [-0.4, -0.2) is 28.3 Å². The third kappa shape index (κ3) is 3.95. The summed E-state index contributed by atoms with van der Waals surface area (Å²) < 4.78 is 10.9. The molecule has 0 aliphatic rings. The Bertz CT molecular complexity index is 1340. The van der Waals surface area contributed by atoms with Crippen molar-refractivity contribution in [3.05, 3.63) is 75.3 Å². The molecular weight excluding hydrogens is 398 g/mol. The summed E-state index contributed by atoms with van der Waals surface area (Å²) in [5, 5.41) is 21.4. The van der Waals surface area contributed by atoms with Crippen LogP contribution in [0.4, 0.5) is 11.4 Å². The molecule has 4 rings (SSSR count). The molecule has 0 bridgehead atoms. The molecule has 0 aliphatic heterocycles. The molecule has 0 fully saturated rings. The highest BCUT2D eigenvalue weighted by Gasteiger charge is 2.16. The third-order valence-corrected chi connectivity index (χ3v) is 4.85. The molecule has 0 spiro atoms. The van der Waals surface area contributed by atoms with Crippen LogP contribution in [0.3, 0.4) is 0 Å². The fourth-order valence-corrected chi connectivity index (χ4v) is 3.21. The van der Waals surface area contributed by atoms with Crippen molar-refractivity contribution in [1.29, 1.82) is 0 Å². The van der Waals surface area contributed by atoms with E-state index in [4.69, 9.17) is 9.15 Å². The Morgan fingerprint density at radius 2 is 1.97 bits per heavy atom. The first-order valence-corrected chi connectivity index (χ1v) is 9.43. The molecule has 8 heteroatoms. The van der Waals surface area contributed by atoms with Crippen LogP contribution in [0.25, 0.3) is 22.6 Å². The van der Waals surface area contributed by atoms with E-state index in [0.717, 1.165) is 33.9 Å². The van der Waals surface area contributed by atoms with Crippen LogP contribution in [0.2, 0.25) is 0 Å². The molecule has 1 heterocycles. The van der Waals surface area contributed by atoms with E-state index < -0.39 is 4.92 Å². The lowest BCUT2D eigenvalue weighted by molar-refractivity contribution is -0.385. The predicted octanol–water partition coefficient (Wildman–Crippen LogP) is 5.48. The number of ether oxygens (including phenoxy) is 1. The molecule has 0 aliphatic carbocycles. The zero-order valence-corrected chi connectivity index (χ0v) is 17.1. The third-order valence-electron chi connectivity index (χ3n) is 4.85. The van der Waals surface area contributed by atoms with Gasteiger partial charge >= 0.3 is 0 Å². The van der Waals surface area contributed by atoms with E-state index in [1.807, 2.05) is 44.2 Å². The van der Waals surface area contributed by atoms with Crippen LogP contribution in [0.1, 0.15) is 16.7 Å². The summed E-state index contributed by atoms with van der Waals surface area (Å²) in [6.45, 7) is 3.89. The van der Waals surface area contributed by atoms with E-state index >= 15 is 0 Å². The Hall–Kier alpha value is -4.20. The summed E-state index contributed by atoms with van der Waals surface area (Å²) >= 11 is 0. The molecule has 8 nitrogen and oxygen atoms in total. The number of phenolic OH excluding ortho intramolecular Hbond substituents is 1. The second kappa shape index (κ2) is 7.91. The van der Waals surface area contributed by atoms with E-state index in [0.29, 0.717) is 11.6 Å². The number of fused-ring (bicyclic) bond motifs is 1. The molecular formula is C23H19N3O5. The Labute approximate surface area is 177 Å². The van der Waals surface area contributed by atoms with E-state index in [2.05, 4.69) is 9.98 Å². The van der Waals surface area contributed by atoms with E-state index in [9.17, 15) is 15.2 Å². The molecule has 0 saturated heterocycles. The number of phenols is 1. The second-order valence-electron chi connectivity index (χ2n) is 7.09. The summed E-state index contributed by atoms with van der Waals surface area (Å²) in [5.41, 5.74) is 4.91. The molecule has 0 saturated carbocycles. The Kier molecular flexibility index (Phi) is 5.12. The van der Waals surface area contributed by atoms with Crippen LogP contribution < -0.4 is 4.74 Å². The number of non-ortho nitro benzene ring substituents is 1. The lowest BCUT2D eigenvalue weighted by Crippen LogP contribution is -1.94. The largest absolute Gasteiger partial charge is 0.504 e. The van der Waals surface area contributed by atoms with Crippen LogP contribution >= 0.6 is 0 Å². The van der Waals surface area contributed by atoms with Crippen molar-refractivity contribution in [2.75, 3.05) is 7.11 Å². The van der Waals surface area contributed by atoms with Gasteiger partial charge < -0.3 is 14.3 Å². The van der Waals surface area contributed by atoms with Crippen LogP contribution in [0.15, 0.2) is 57.9 Å². The van der Waals surface area contributed by atoms with Gasteiger partial charge in [0.2, 0.25) is 5.89 Å². The Balaban J connectivity index is 1.66. The Morgan fingerprint density at radius 1 is 1.16 bits per heavy atom. The van der Waals surface area contributed by atoms with Crippen molar-refractivity contribution in [1.82, 2.24) is 4.98 Å². The average Bonchev–Trinajstić information content (AvgIpc) is 3.16. The van der Waals surface area contributed by atoms with Crippen molar-refractivity contribution in [3.63, 3.8) is 0 Å². The minimum atomic E-state index is -0.554. The van der Waals surface area contributed by atoms with Gasteiger partial charge in [0, 0.05) is 23.4 Å². The predicted molar refractivity (Wildman–Crippen MR) is 117 cm³/mol. The number of nitro groups is 1. The van der Waals surface area contributed by atoms with E-state index in [-0.39, 0.29) is 22.7 Å². The molecule has 1 aromatic heterocycles. The molecule has 0 radical (unpaired) electrons. The summed E-state index contributed by atoms with van der Waals surface area (Å²) in [5.74, 6) is 0.308. The minimum absolute atomic E-state index is 0.00826. The standard InChI is InChI=1S/C23H19N3O5/c1-13-4-7-20-19(8-13)25-23(31-20)15-5-6-18(14(2)9-15)24-12-16-10-17(26(28)29)11-21(30-3)22(16)27/h4-12,27H,1-3H3. The van der Waals surface area contributed by atoms with Gasteiger partial charge in [-0.1, -0.05) is 6.07 Å². The number of hydrogen-bond acceptors (Lipinski definition) is 7. The van der Waals surface area contributed by atoms with Crippen LogP contribution in [-0.2, 0) is 0 Å². The molecule has 0 unspecified atom stereocenters. The molecule has 4 aromatic rings. The number of aromatic nitrogens is 1. The molecule has 31 heavy (non-hydrogen) atoms. The average molecular weight is 417 g/mol. The van der Waals surface area contributed by atoms with Gasteiger partial charge in [-0.3, -0.25) is 15.1 Å². The fraction of sp³-hybridized carbons (Fsp3) is 0.130. The van der Waals surface area contributed by atoms with Gasteiger partial charge in [-0.25, -0.2) is 4.98 Å². The van der Waals surface area contributed by atoms with Gasteiger partial charge in [0.05, 0.1) is 23.8 Å². The molecule has 3 aromatic carbocycles. The maximum Gasteiger partial charge on any atom is 0.274 e. The quantitative estimate of drug-likeness (QED) is 0.261. The van der Waals surface area contributed by atoms with Crippen molar-refractivity contribution >= 4 is 28.7 Å². The molecule has 1 N–H and O–H groups in total. The lowest BCUT2D eigenvalue weighted by Gasteiger charge is -2.06. The monoisotopic (exact) mass is 417 g/mol. The normalized spacial score (nSPS) is 11.3. The summed E-state index contributed by atoms with van der Waals surface area (Å²) in [4.78, 5) is 19.5. The van der Waals surface area contributed by atoms with Crippen molar-refractivity contribution in [3.8, 4) is 23.0 Å². The maximum absolute atomic E-state index is 11.1. The number of aliphatic imine (C=N–C) groups is 1. The number of aromatic hydroxyl groups is 1. The minimum Gasteiger partial charge on any atom is -0.504 e. The highest BCUT2D eigenvalue weighted by atomic mass is 16.6. The van der Waals surface area contributed by atoms with E-state index in [1.165, 1.54) is 19.4 Å². The Morgan fingerprint density at radius 3 is 2.68 bits per heavy atom. The maximum atomic E-state index is 11.1. The van der Waals surface area contributed by atoms with Gasteiger partial charge in [0.1, 0.15) is 5.52 Å². The molecule has 156 valence electrons. The number of hydrogen-bond donors (Lipinski definition) is 1. The number of aryl methyl sites for hydroxylation is 2. The van der Waals surface area contributed by atoms with Crippen molar-refractivity contribution < 1.29 is 19.2 Å². The summed E-state index contributed by atoms with van der Waals surface area (Å²) in [6, 6.07) is 13.8. The number of benzene rings is 3. The van der Waals surface area contributed by atoms with Gasteiger partial charge in [-0.2, -0.15) is 0 Å². The number of oxazole rings is 1. The van der Waals surface area contributed by atoms with Gasteiger partial charge in [-0.15, -0.1) is 0 Å². The lowest BCUT2D eigenvalue weighted by atomic mass is 10.1. The fourth-order valence-electron chi connectivity index (χ4n) is 3.21. The van der Waals surface area contributed by atoms with Gasteiger partial charge in [0.25, 0.3) is 5.69 Å². The van der Waals surface area contributed by atoms with Gasteiger partial charge in [0.15, 0.2) is 17.1 Å². The van der Waals surface area contributed by atoms with Crippen molar-refractivity contribution in [2.24, 2.45) is 4.99 Å². The highest BCUT2D eigenvalue weighted by molar-refractivity contribution is 5.88. The number of rotatable bonds is 5. The first kappa shape index (κ1) is 20.1. The summed E-state index contributed by atoms with van der Waals surface area (Å²) in [7, 11) is 1.33. The van der Waals surface area contributed by atoms with Gasteiger partial charge in [-0.05, 0) is 55.3 Å².